The van der Waals surface area contributed by atoms with Gasteiger partial charge in [0.1, 0.15) is 11.2 Å². The van der Waals surface area contributed by atoms with Crippen molar-refractivity contribution in [1.82, 2.24) is 0 Å². The molecule has 8 rings (SSSR count). The molecule has 1 aromatic heterocycles. The molecule has 37 heavy (non-hydrogen) atoms. The summed E-state index contributed by atoms with van der Waals surface area (Å²) in [7, 11) is 0. The number of fused-ring (bicyclic) bond motifs is 9. The average molecular weight is 477 g/mol. The van der Waals surface area contributed by atoms with Gasteiger partial charge >= 0.3 is 0 Å². The third-order valence-electron chi connectivity index (χ3n) is 9.10. The second-order valence-electron chi connectivity index (χ2n) is 11.8. The van der Waals surface area contributed by atoms with E-state index in [9.17, 15) is 0 Å². The number of hydrogen-bond acceptors (Lipinski definition) is 1. The van der Waals surface area contributed by atoms with E-state index < -0.39 is 0 Å². The van der Waals surface area contributed by atoms with E-state index in [1.165, 1.54) is 60.8 Å². The van der Waals surface area contributed by atoms with Crippen LogP contribution in [0.1, 0.15) is 49.9 Å². The summed E-state index contributed by atoms with van der Waals surface area (Å²) in [5.41, 5.74) is 15.1. The molecule has 2 aliphatic rings. The van der Waals surface area contributed by atoms with Crippen LogP contribution < -0.4 is 0 Å². The van der Waals surface area contributed by atoms with Crippen molar-refractivity contribution in [3.63, 3.8) is 0 Å². The summed E-state index contributed by atoms with van der Waals surface area (Å²) >= 11 is 0. The molecule has 0 atom stereocenters. The summed E-state index contributed by atoms with van der Waals surface area (Å²) in [6.45, 7) is 9.32. The van der Waals surface area contributed by atoms with Crippen LogP contribution in [0.3, 0.4) is 0 Å². The van der Waals surface area contributed by atoms with E-state index >= 15 is 0 Å². The van der Waals surface area contributed by atoms with Gasteiger partial charge in [-0.3, -0.25) is 0 Å². The highest BCUT2D eigenvalue weighted by Gasteiger charge is 2.37. The zero-order chi connectivity index (χ0) is 25.1. The molecule has 1 heteroatoms. The Morgan fingerprint density at radius 1 is 0.459 bits per heavy atom. The number of furan rings is 1. The molecule has 0 saturated carbocycles. The van der Waals surface area contributed by atoms with Gasteiger partial charge < -0.3 is 4.42 Å². The van der Waals surface area contributed by atoms with E-state index in [1.807, 2.05) is 0 Å². The summed E-state index contributed by atoms with van der Waals surface area (Å²) in [6.07, 6.45) is 0. The van der Waals surface area contributed by atoms with Crippen molar-refractivity contribution in [2.75, 3.05) is 0 Å². The molecule has 5 aromatic carbocycles. The number of hydrogen-bond donors (Lipinski definition) is 0. The van der Waals surface area contributed by atoms with Crippen molar-refractivity contribution < 1.29 is 4.42 Å². The smallest absolute Gasteiger partial charge is 0.143 e. The minimum atomic E-state index is -0.0392. The lowest BCUT2D eigenvalue weighted by Gasteiger charge is -2.22. The zero-order valence-corrected chi connectivity index (χ0v) is 21.6. The van der Waals surface area contributed by atoms with Crippen LogP contribution in [0.5, 0.6) is 0 Å². The zero-order valence-electron chi connectivity index (χ0n) is 21.6. The fraction of sp³-hybridized carbons (Fsp3) is 0.167. The SMILES string of the molecule is CC1(C)c2ccccc2-c2ccc(-c3cccc4c3oc3cc5c(cc34)-c3ccccc3C5(C)C)cc21. The van der Waals surface area contributed by atoms with Gasteiger partial charge in [-0.2, -0.15) is 0 Å². The third-order valence-corrected chi connectivity index (χ3v) is 9.10. The van der Waals surface area contributed by atoms with E-state index in [2.05, 4.69) is 125 Å². The number of benzene rings is 5. The first-order valence-electron chi connectivity index (χ1n) is 13.2. The lowest BCUT2D eigenvalue weighted by molar-refractivity contribution is 0.647. The Labute approximate surface area is 217 Å². The second-order valence-corrected chi connectivity index (χ2v) is 11.8. The topological polar surface area (TPSA) is 13.1 Å². The fourth-order valence-corrected chi connectivity index (χ4v) is 7.09. The molecule has 1 heterocycles. The van der Waals surface area contributed by atoms with Gasteiger partial charge in [0.05, 0.1) is 0 Å². The van der Waals surface area contributed by atoms with Gasteiger partial charge in [0.2, 0.25) is 0 Å². The van der Waals surface area contributed by atoms with Crippen LogP contribution in [-0.4, -0.2) is 0 Å². The van der Waals surface area contributed by atoms with Gasteiger partial charge in [0.15, 0.2) is 0 Å². The van der Waals surface area contributed by atoms with E-state index in [0.717, 1.165) is 16.7 Å². The van der Waals surface area contributed by atoms with Crippen LogP contribution >= 0.6 is 0 Å². The van der Waals surface area contributed by atoms with Gasteiger partial charge in [0, 0.05) is 27.2 Å². The molecule has 0 amide bonds. The minimum absolute atomic E-state index is 0.0243. The van der Waals surface area contributed by atoms with Crippen molar-refractivity contribution >= 4 is 21.9 Å². The highest BCUT2D eigenvalue weighted by atomic mass is 16.3. The fourth-order valence-electron chi connectivity index (χ4n) is 7.09. The molecule has 0 unspecified atom stereocenters. The van der Waals surface area contributed by atoms with Gasteiger partial charge in [-0.1, -0.05) is 107 Å². The summed E-state index contributed by atoms with van der Waals surface area (Å²) in [5.74, 6) is 0. The first kappa shape index (κ1) is 21.0. The highest BCUT2D eigenvalue weighted by Crippen LogP contribution is 2.52. The Morgan fingerprint density at radius 2 is 1.05 bits per heavy atom. The standard InChI is InChI=1S/C36H28O/c1-35(2)29-14-7-5-10-23(29)25-17-16-21(18-31(25)35)22-12-9-13-26-28-19-27-24-11-6-8-15-30(24)36(3,4)32(27)20-33(28)37-34(22)26/h5-20H,1-4H3. The monoisotopic (exact) mass is 476 g/mol. The summed E-state index contributed by atoms with van der Waals surface area (Å²) < 4.78 is 6.69. The van der Waals surface area contributed by atoms with Crippen LogP contribution in [0, 0.1) is 0 Å². The van der Waals surface area contributed by atoms with Gasteiger partial charge in [0.25, 0.3) is 0 Å². The molecule has 1 nitrogen and oxygen atoms in total. The quantitative estimate of drug-likeness (QED) is 0.230. The Morgan fingerprint density at radius 3 is 1.78 bits per heavy atom. The summed E-state index contributed by atoms with van der Waals surface area (Å²) in [4.78, 5) is 0. The number of para-hydroxylation sites is 1. The molecule has 0 saturated heterocycles. The van der Waals surface area contributed by atoms with Crippen LogP contribution in [0.25, 0.3) is 55.3 Å². The number of rotatable bonds is 1. The molecule has 0 fully saturated rings. The van der Waals surface area contributed by atoms with Crippen molar-refractivity contribution in [3.05, 3.63) is 119 Å². The third kappa shape index (κ3) is 2.59. The molecular formula is C36H28O. The molecule has 0 aliphatic heterocycles. The molecule has 6 aromatic rings. The Bertz CT molecular complexity index is 1930. The van der Waals surface area contributed by atoms with Gasteiger partial charge in [-0.15, -0.1) is 0 Å². The van der Waals surface area contributed by atoms with Gasteiger partial charge in [-0.05, 0) is 68.3 Å². The Hall–Kier alpha value is -4.10. The summed E-state index contributed by atoms with van der Waals surface area (Å²) in [6, 6.07) is 35.8. The molecule has 0 N–H and O–H groups in total. The predicted molar refractivity (Wildman–Crippen MR) is 154 cm³/mol. The van der Waals surface area contributed by atoms with E-state index in [1.54, 1.807) is 0 Å². The molecule has 0 radical (unpaired) electrons. The van der Waals surface area contributed by atoms with Crippen LogP contribution in [-0.2, 0) is 10.8 Å². The first-order valence-corrected chi connectivity index (χ1v) is 13.2. The Balaban J connectivity index is 1.35. The molecular weight excluding hydrogens is 448 g/mol. The normalized spacial score (nSPS) is 16.0. The van der Waals surface area contributed by atoms with Crippen LogP contribution in [0.2, 0.25) is 0 Å². The van der Waals surface area contributed by atoms with Crippen molar-refractivity contribution in [2.24, 2.45) is 0 Å². The molecule has 2 aliphatic carbocycles. The summed E-state index contributed by atoms with van der Waals surface area (Å²) in [5, 5.41) is 2.37. The van der Waals surface area contributed by atoms with Crippen LogP contribution in [0.4, 0.5) is 0 Å². The van der Waals surface area contributed by atoms with E-state index in [4.69, 9.17) is 4.42 Å². The maximum Gasteiger partial charge on any atom is 0.143 e. The largest absolute Gasteiger partial charge is 0.455 e. The first-order chi connectivity index (χ1) is 17.9. The lowest BCUT2D eigenvalue weighted by Crippen LogP contribution is -2.14. The van der Waals surface area contributed by atoms with E-state index in [-0.39, 0.29) is 10.8 Å². The average Bonchev–Trinajstić information content (AvgIpc) is 3.47. The molecule has 178 valence electrons. The predicted octanol–water partition coefficient (Wildman–Crippen LogP) is 9.87. The van der Waals surface area contributed by atoms with Crippen molar-refractivity contribution in [2.45, 2.75) is 38.5 Å². The van der Waals surface area contributed by atoms with Crippen molar-refractivity contribution in [1.29, 1.82) is 0 Å². The second kappa shape index (κ2) is 6.81. The maximum atomic E-state index is 6.69. The Kier molecular flexibility index (Phi) is 3.87. The maximum absolute atomic E-state index is 6.69. The lowest BCUT2D eigenvalue weighted by atomic mass is 9.81. The van der Waals surface area contributed by atoms with Crippen molar-refractivity contribution in [3.8, 4) is 33.4 Å². The molecule has 0 bridgehead atoms. The highest BCUT2D eigenvalue weighted by molar-refractivity contribution is 6.11. The molecule has 0 spiro atoms. The van der Waals surface area contributed by atoms with Crippen LogP contribution in [0.15, 0.2) is 101 Å². The van der Waals surface area contributed by atoms with E-state index in [0.29, 0.717) is 0 Å². The van der Waals surface area contributed by atoms with Gasteiger partial charge in [-0.25, -0.2) is 0 Å². The minimum Gasteiger partial charge on any atom is -0.455 e.